The Balaban J connectivity index is 1.87. The predicted molar refractivity (Wildman–Crippen MR) is 102 cm³/mol. The fraction of sp³-hybridized carbons (Fsp3) is 0.400. The Morgan fingerprint density at radius 1 is 1.24 bits per heavy atom. The topological polar surface area (TPSA) is 71.5 Å². The van der Waals surface area contributed by atoms with Crippen LogP contribution < -0.4 is 10.1 Å². The summed E-state index contributed by atoms with van der Waals surface area (Å²) in [7, 11) is 0. The maximum Gasteiger partial charge on any atom is 0.422 e. The van der Waals surface area contributed by atoms with Gasteiger partial charge in [0.25, 0.3) is 5.91 Å². The highest BCUT2D eigenvalue weighted by molar-refractivity contribution is 6.30. The second-order valence-corrected chi connectivity index (χ2v) is 7.34. The molecule has 29 heavy (non-hydrogen) atoms. The summed E-state index contributed by atoms with van der Waals surface area (Å²) < 4.78 is 42.6. The van der Waals surface area contributed by atoms with E-state index in [0.717, 1.165) is 19.0 Å². The number of halogens is 4. The fourth-order valence-electron chi connectivity index (χ4n) is 3.22. The molecule has 9 heteroatoms. The number of carbonyl (C=O) groups is 1. The van der Waals surface area contributed by atoms with Crippen molar-refractivity contribution in [3.63, 3.8) is 0 Å². The molecule has 0 radical (unpaired) electrons. The van der Waals surface area contributed by atoms with Crippen LogP contribution >= 0.6 is 11.6 Å². The number of hydrogen-bond acceptors (Lipinski definition) is 4. The van der Waals surface area contributed by atoms with Crippen LogP contribution in [0.3, 0.4) is 0 Å². The summed E-state index contributed by atoms with van der Waals surface area (Å²) in [6, 6.07) is 7.40. The van der Waals surface area contributed by atoms with E-state index in [0.29, 0.717) is 23.4 Å². The van der Waals surface area contributed by atoms with Crippen molar-refractivity contribution in [3.05, 3.63) is 47.2 Å². The molecule has 2 atom stereocenters. The number of nitrogens with one attached hydrogen (secondary N) is 1. The zero-order chi connectivity index (χ0) is 21.0. The van der Waals surface area contributed by atoms with E-state index in [1.165, 1.54) is 6.07 Å². The first-order valence-electron chi connectivity index (χ1n) is 9.17. The smallest absolute Gasteiger partial charge is 0.422 e. The maximum absolute atomic E-state index is 12.6. The molecule has 0 aliphatic heterocycles. The monoisotopic (exact) mass is 428 g/mol. The molecular formula is C20H20ClF3N2O3. The molecule has 1 saturated carbocycles. The first-order valence-corrected chi connectivity index (χ1v) is 9.55. The summed E-state index contributed by atoms with van der Waals surface area (Å²) in [5.41, 5.74) is 0.836. The molecule has 2 aromatic rings. The summed E-state index contributed by atoms with van der Waals surface area (Å²) >= 11 is 5.88. The number of aromatic nitrogens is 1. The van der Waals surface area contributed by atoms with Gasteiger partial charge in [0.1, 0.15) is 11.4 Å². The Bertz CT molecular complexity index is 859. The van der Waals surface area contributed by atoms with Gasteiger partial charge >= 0.3 is 6.18 Å². The predicted octanol–water partition coefficient (Wildman–Crippen LogP) is 4.38. The van der Waals surface area contributed by atoms with Gasteiger partial charge in [-0.3, -0.25) is 4.79 Å². The lowest BCUT2D eigenvalue weighted by Crippen LogP contribution is -2.45. The highest BCUT2D eigenvalue weighted by Crippen LogP contribution is 2.32. The number of ether oxygens (including phenoxy) is 1. The van der Waals surface area contributed by atoms with Gasteiger partial charge in [0, 0.05) is 10.6 Å². The highest BCUT2D eigenvalue weighted by Gasteiger charge is 2.29. The van der Waals surface area contributed by atoms with Crippen molar-refractivity contribution in [2.75, 3.05) is 6.61 Å². The Kier molecular flexibility index (Phi) is 6.64. The van der Waals surface area contributed by atoms with Gasteiger partial charge in [0.15, 0.2) is 6.61 Å². The van der Waals surface area contributed by atoms with Gasteiger partial charge in [0.2, 0.25) is 0 Å². The Labute approximate surface area is 170 Å². The second-order valence-electron chi connectivity index (χ2n) is 6.91. The minimum absolute atomic E-state index is 0.0204. The highest BCUT2D eigenvalue weighted by atomic mass is 35.5. The van der Waals surface area contributed by atoms with E-state index in [4.69, 9.17) is 16.3 Å². The summed E-state index contributed by atoms with van der Waals surface area (Å²) in [4.78, 5) is 16.6. The van der Waals surface area contributed by atoms with Gasteiger partial charge in [-0.1, -0.05) is 36.6 Å². The second kappa shape index (κ2) is 9.00. The van der Waals surface area contributed by atoms with Crippen LogP contribution in [-0.2, 0) is 0 Å². The number of alkyl halides is 3. The van der Waals surface area contributed by atoms with Gasteiger partial charge in [0.05, 0.1) is 18.3 Å². The quantitative estimate of drug-likeness (QED) is 0.741. The number of amides is 1. The molecule has 0 bridgehead atoms. The first kappa shape index (κ1) is 21.4. The third-order valence-electron chi connectivity index (χ3n) is 4.69. The van der Waals surface area contributed by atoms with Crippen molar-refractivity contribution in [1.82, 2.24) is 10.3 Å². The molecule has 5 nitrogen and oxygen atoms in total. The van der Waals surface area contributed by atoms with Crippen LogP contribution in [0.1, 0.15) is 36.2 Å². The lowest BCUT2D eigenvalue weighted by atomic mass is 9.92. The average molecular weight is 429 g/mol. The number of benzene rings is 1. The number of aliphatic hydroxyl groups is 1. The molecule has 2 N–H and O–H groups in total. The minimum Gasteiger partial charge on any atom is -0.482 e. The molecule has 1 fully saturated rings. The van der Waals surface area contributed by atoms with E-state index in [2.05, 4.69) is 10.3 Å². The van der Waals surface area contributed by atoms with Crippen molar-refractivity contribution in [3.8, 4) is 16.9 Å². The third kappa shape index (κ3) is 5.83. The van der Waals surface area contributed by atoms with Crippen LogP contribution in [0, 0.1) is 0 Å². The van der Waals surface area contributed by atoms with Crippen LogP contribution in [0.25, 0.3) is 11.1 Å². The molecule has 0 saturated heterocycles. The Morgan fingerprint density at radius 3 is 2.59 bits per heavy atom. The Hall–Kier alpha value is -2.32. The number of rotatable bonds is 5. The van der Waals surface area contributed by atoms with E-state index >= 15 is 0 Å². The molecule has 1 amide bonds. The van der Waals surface area contributed by atoms with E-state index in [1.807, 2.05) is 0 Å². The Morgan fingerprint density at radius 2 is 1.93 bits per heavy atom. The lowest BCUT2D eigenvalue weighted by Gasteiger charge is -2.28. The van der Waals surface area contributed by atoms with Gasteiger partial charge in [-0.05, 0) is 36.6 Å². The van der Waals surface area contributed by atoms with Gasteiger partial charge < -0.3 is 15.2 Å². The molecule has 3 rings (SSSR count). The van der Waals surface area contributed by atoms with Crippen molar-refractivity contribution < 1.29 is 27.8 Å². The van der Waals surface area contributed by atoms with Crippen LogP contribution in [0.5, 0.6) is 5.75 Å². The first-order chi connectivity index (χ1) is 13.7. The lowest BCUT2D eigenvalue weighted by molar-refractivity contribution is -0.153. The number of nitrogens with zero attached hydrogens (tertiary/aromatic N) is 1. The van der Waals surface area contributed by atoms with Crippen molar-refractivity contribution >= 4 is 17.5 Å². The molecule has 1 heterocycles. The maximum atomic E-state index is 12.6. The van der Waals surface area contributed by atoms with E-state index < -0.39 is 24.8 Å². The van der Waals surface area contributed by atoms with Crippen molar-refractivity contribution in [2.45, 2.75) is 44.0 Å². The van der Waals surface area contributed by atoms with Gasteiger partial charge in [-0.15, -0.1) is 0 Å². The van der Waals surface area contributed by atoms with Crippen molar-refractivity contribution in [1.29, 1.82) is 0 Å². The summed E-state index contributed by atoms with van der Waals surface area (Å²) in [5.74, 6) is -0.604. The molecule has 1 aliphatic carbocycles. The summed E-state index contributed by atoms with van der Waals surface area (Å²) in [5, 5.41) is 13.3. The van der Waals surface area contributed by atoms with E-state index in [1.54, 1.807) is 24.3 Å². The largest absolute Gasteiger partial charge is 0.482 e. The van der Waals surface area contributed by atoms with Crippen LogP contribution in [-0.4, -0.2) is 40.9 Å². The number of pyridine rings is 1. The summed E-state index contributed by atoms with van der Waals surface area (Å²) in [6.07, 6.45) is -0.972. The molecule has 1 aliphatic rings. The minimum atomic E-state index is -4.51. The zero-order valence-electron chi connectivity index (χ0n) is 15.4. The molecule has 1 aromatic carbocycles. The van der Waals surface area contributed by atoms with Crippen molar-refractivity contribution in [2.24, 2.45) is 0 Å². The van der Waals surface area contributed by atoms with Crippen LogP contribution in [0.15, 0.2) is 36.5 Å². The molecular weight excluding hydrogens is 409 g/mol. The number of hydrogen-bond donors (Lipinski definition) is 2. The molecule has 156 valence electrons. The van der Waals surface area contributed by atoms with Gasteiger partial charge in [-0.2, -0.15) is 13.2 Å². The van der Waals surface area contributed by atoms with Crippen LogP contribution in [0.4, 0.5) is 13.2 Å². The third-order valence-corrected chi connectivity index (χ3v) is 4.94. The SMILES string of the molecule is O=C(N[C@@H]1CCCC[C@H]1O)c1cc(-c2ccc(Cl)cc2)c(OCC(F)(F)F)cn1. The molecule has 0 spiro atoms. The number of aliphatic hydroxyl groups excluding tert-OH is 1. The van der Waals surface area contributed by atoms with Gasteiger partial charge in [-0.25, -0.2) is 4.98 Å². The molecule has 0 unspecified atom stereocenters. The standard InChI is InChI=1S/C20H20ClF3N2O3/c21-13-7-5-12(6-8-13)14-9-16(25-10-18(14)29-11-20(22,23)24)19(28)26-15-3-1-2-4-17(15)27/h5-10,15,17,27H,1-4,11H2,(H,26,28)/t15-,17-/m1/s1. The van der Waals surface area contributed by atoms with Crippen LogP contribution in [0.2, 0.25) is 5.02 Å². The number of carbonyl (C=O) groups excluding carboxylic acids is 1. The summed E-state index contributed by atoms with van der Waals surface area (Å²) in [6.45, 7) is -1.48. The van der Waals surface area contributed by atoms with E-state index in [9.17, 15) is 23.1 Å². The molecule has 1 aromatic heterocycles. The zero-order valence-corrected chi connectivity index (χ0v) is 16.1. The van der Waals surface area contributed by atoms with E-state index in [-0.39, 0.29) is 23.0 Å². The normalized spacial score (nSPS) is 19.6. The fourth-order valence-corrected chi connectivity index (χ4v) is 3.34. The average Bonchev–Trinajstić information content (AvgIpc) is 2.68.